The second-order valence-corrected chi connectivity index (χ2v) is 8.91. The minimum Gasteiger partial charge on any atom is -0.497 e. The number of piperazine rings is 1. The Morgan fingerprint density at radius 1 is 1.03 bits per heavy atom. The van der Waals surface area contributed by atoms with Crippen molar-refractivity contribution in [2.24, 2.45) is 0 Å². The smallest absolute Gasteiger partial charge is 0.263 e. The molecule has 1 aromatic heterocycles. The summed E-state index contributed by atoms with van der Waals surface area (Å²) in [7, 11) is 1.67. The number of methoxy groups -OCH3 is 1. The standard InChI is InChI=1S/C25H29N3O3S/c1-18-4-8-23(9-5-18)31-19(2)25(29)28-14-12-27(13-15-28)16-21-17-32-24(26-21)20-6-10-22(30-3)11-7-20/h4-11,17,19H,12-16H2,1-3H3. The lowest BCUT2D eigenvalue weighted by atomic mass is 10.2. The van der Waals surface area contributed by atoms with E-state index in [4.69, 9.17) is 14.5 Å². The van der Waals surface area contributed by atoms with Gasteiger partial charge in [-0.25, -0.2) is 4.98 Å². The van der Waals surface area contributed by atoms with Gasteiger partial charge in [0.1, 0.15) is 16.5 Å². The highest BCUT2D eigenvalue weighted by atomic mass is 32.1. The first-order valence-corrected chi connectivity index (χ1v) is 11.7. The third kappa shape index (κ3) is 5.47. The molecular weight excluding hydrogens is 422 g/mol. The Morgan fingerprint density at radius 2 is 1.69 bits per heavy atom. The SMILES string of the molecule is COc1ccc(-c2nc(CN3CCN(C(=O)C(C)Oc4ccc(C)cc4)CC3)cs2)cc1. The molecule has 1 atom stereocenters. The third-order valence-corrected chi connectivity index (χ3v) is 6.58. The largest absolute Gasteiger partial charge is 0.497 e. The van der Waals surface area contributed by atoms with E-state index in [2.05, 4.69) is 10.3 Å². The second-order valence-electron chi connectivity index (χ2n) is 8.05. The lowest BCUT2D eigenvalue weighted by molar-refractivity contribution is -0.139. The van der Waals surface area contributed by atoms with Crippen molar-refractivity contribution in [2.45, 2.75) is 26.5 Å². The molecule has 0 N–H and O–H groups in total. The topological polar surface area (TPSA) is 54.9 Å². The van der Waals surface area contributed by atoms with E-state index >= 15 is 0 Å². The molecular formula is C25H29N3O3S. The number of benzene rings is 2. The van der Waals surface area contributed by atoms with Crippen LogP contribution in [0.3, 0.4) is 0 Å². The molecule has 2 aromatic carbocycles. The number of thiazole rings is 1. The van der Waals surface area contributed by atoms with Crippen LogP contribution in [-0.2, 0) is 11.3 Å². The zero-order valence-corrected chi connectivity index (χ0v) is 19.6. The molecule has 1 amide bonds. The molecule has 3 aromatic rings. The van der Waals surface area contributed by atoms with Crippen LogP contribution in [0.5, 0.6) is 11.5 Å². The van der Waals surface area contributed by atoms with Crippen molar-refractivity contribution in [2.75, 3.05) is 33.3 Å². The molecule has 1 fully saturated rings. The summed E-state index contributed by atoms with van der Waals surface area (Å²) in [6, 6.07) is 15.8. The van der Waals surface area contributed by atoms with Crippen LogP contribution in [0.15, 0.2) is 53.9 Å². The van der Waals surface area contributed by atoms with Gasteiger partial charge < -0.3 is 14.4 Å². The summed E-state index contributed by atoms with van der Waals surface area (Å²) in [5.41, 5.74) is 3.33. The molecule has 0 bridgehead atoms. The fraction of sp³-hybridized carbons (Fsp3) is 0.360. The van der Waals surface area contributed by atoms with Crippen molar-refractivity contribution in [1.82, 2.24) is 14.8 Å². The quantitative estimate of drug-likeness (QED) is 0.538. The fourth-order valence-electron chi connectivity index (χ4n) is 3.73. The van der Waals surface area contributed by atoms with Gasteiger partial charge >= 0.3 is 0 Å². The maximum atomic E-state index is 12.8. The number of carbonyl (C=O) groups excluding carboxylic acids is 1. The maximum Gasteiger partial charge on any atom is 0.263 e. The predicted molar refractivity (Wildman–Crippen MR) is 127 cm³/mol. The van der Waals surface area contributed by atoms with E-state index in [1.165, 1.54) is 5.56 Å². The molecule has 1 unspecified atom stereocenters. The van der Waals surface area contributed by atoms with Crippen molar-refractivity contribution in [3.8, 4) is 22.1 Å². The summed E-state index contributed by atoms with van der Waals surface area (Å²) < 4.78 is 11.1. The highest BCUT2D eigenvalue weighted by molar-refractivity contribution is 7.13. The lowest BCUT2D eigenvalue weighted by Crippen LogP contribution is -2.51. The second kappa shape index (κ2) is 10.1. The summed E-state index contributed by atoms with van der Waals surface area (Å²) in [6.07, 6.45) is -0.491. The van der Waals surface area contributed by atoms with Gasteiger partial charge in [-0.2, -0.15) is 0 Å². The number of rotatable bonds is 7. The van der Waals surface area contributed by atoms with Gasteiger partial charge in [0.2, 0.25) is 0 Å². The van der Waals surface area contributed by atoms with Crippen molar-refractivity contribution in [3.63, 3.8) is 0 Å². The molecule has 7 heteroatoms. The highest BCUT2D eigenvalue weighted by Crippen LogP contribution is 2.26. The summed E-state index contributed by atoms with van der Waals surface area (Å²) in [4.78, 5) is 21.9. The van der Waals surface area contributed by atoms with E-state index in [-0.39, 0.29) is 5.91 Å². The Morgan fingerprint density at radius 3 is 2.34 bits per heavy atom. The molecule has 1 aliphatic rings. The zero-order valence-electron chi connectivity index (χ0n) is 18.8. The van der Waals surface area contributed by atoms with Crippen LogP contribution in [0.4, 0.5) is 0 Å². The molecule has 2 heterocycles. The van der Waals surface area contributed by atoms with Crippen LogP contribution in [0.25, 0.3) is 10.6 Å². The molecule has 0 spiro atoms. The Balaban J connectivity index is 1.27. The van der Waals surface area contributed by atoms with E-state index in [9.17, 15) is 4.79 Å². The first kappa shape index (κ1) is 22.3. The number of hydrogen-bond donors (Lipinski definition) is 0. The zero-order chi connectivity index (χ0) is 22.5. The van der Waals surface area contributed by atoms with Gasteiger partial charge in [0.05, 0.1) is 12.8 Å². The summed E-state index contributed by atoms with van der Waals surface area (Å²) in [6.45, 7) is 7.72. The summed E-state index contributed by atoms with van der Waals surface area (Å²) in [5.74, 6) is 1.61. The monoisotopic (exact) mass is 451 g/mol. The van der Waals surface area contributed by atoms with Crippen molar-refractivity contribution < 1.29 is 14.3 Å². The van der Waals surface area contributed by atoms with E-state index < -0.39 is 6.10 Å². The van der Waals surface area contributed by atoms with E-state index in [1.807, 2.05) is 67.3 Å². The molecule has 168 valence electrons. The number of nitrogens with zero attached hydrogens (tertiary/aromatic N) is 3. The van der Waals surface area contributed by atoms with Crippen molar-refractivity contribution in [3.05, 3.63) is 65.2 Å². The van der Waals surface area contributed by atoms with Crippen LogP contribution in [0.1, 0.15) is 18.2 Å². The third-order valence-electron chi connectivity index (χ3n) is 5.64. The van der Waals surface area contributed by atoms with Crippen molar-refractivity contribution >= 4 is 17.2 Å². The van der Waals surface area contributed by atoms with Crippen LogP contribution >= 0.6 is 11.3 Å². The Labute approximate surface area is 193 Å². The van der Waals surface area contributed by atoms with E-state index in [0.717, 1.165) is 47.4 Å². The Kier molecular flexibility index (Phi) is 7.07. The fourth-order valence-corrected chi connectivity index (χ4v) is 4.55. The van der Waals surface area contributed by atoms with E-state index in [1.54, 1.807) is 18.4 Å². The van der Waals surface area contributed by atoms with Crippen LogP contribution in [-0.4, -0.2) is 60.1 Å². The van der Waals surface area contributed by atoms with Gasteiger partial charge in [-0.1, -0.05) is 17.7 Å². The van der Waals surface area contributed by atoms with Gasteiger partial charge in [0.15, 0.2) is 6.10 Å². The van der Waals surface area contributed by atoms with Gasteiger partial charge in [0, 0.05) is 43.7 Å². The minimum absolute atomic E-state index is 0.0423. The average molecular weight is 452 g/mol. The molecule has 0 aliphatic carbocycles. The van der Waals surface area contributed by atoms with Crippen LogP contribution in [0.2, 0.25) is 0 Å². The summed E-state index contributed by atoms with van der Waals surface area (Å²) in [5, 5.41) is 3.13. The molecule has 4 rings (SSSR count). The normalized spacial score (nSPS) is 15.4. The predicted octanol–water partition coefficient (Wildman–Crippen LogP) is 4.24. The van der Waals surface area contributed by atoms with Crippen LogP contribution < -0.4 is 9.47 Å². The molecule has 32 heavy (non-hydrogen) atoms. The Bertz CT molecular complexity index is 1030. The number of carbonyl (C=O) groups is 1. The van der Waals surface area contributed by atoms with E-state index in [0.29, 0.717) is 13.1 Å². The number of aromatic nitrogens is 1. The molecule has 0 radical (unpaired) electrons. The lowest BCUT2D eigenvalue weighted by Gasteiger charge is -2.35. The number of ether oxygens (including phenoxy) is 2. The maximum absolute atomic E-state index is 12.8. The van der Waals surface area contributed by atoms with Gasteiger partial charge in [0.25, 0.3) is 5.91 Å². The van der Waals surface area contributed by atoms with Gasteiger partial charge in [-0.05, 0) is 50.2 Å². The number of aryl methyl sites for hydroxylation is 1. The first-order valence-electron chi connectivity index (χ1n) is 10.8. The number of amides is 1. The average Bonchev–Trinajstić information content (AvgIpc) is 3.29. The van der Waals surface area contributed by atoms with Crippen molar-refractivity contribution in [1.29, 1.82) is 0 Å². The van der Waals surface area contributed by atoms with Gasteiger partial charge in [-0.3, -0.25) is 9.69 Å². The highest BCUT2D eigenvalue weighted by Gasteiger charge is 2.26. The molecule has 0 saturated carbocycles. The molecule has 1 aliphatic heterocycles. The first-order chi connectivity index (χ1) is 15.5. The minimum atomic E-state index is -0.491. The number of hydrogen-bond acceptors (Lipinski definition) is 6. The molecule has 1 saturated heterocycles. The van der Waals surface area contributed by atoms with Gasteiger partial charge in [-0.15, -0.1) is 11.3 Å². The van der Waals surface area contributed by atoms with Crippen LogP contribution in [0, 0.1) is 6.92 Å². The Hall–Kier alpha value is -2.90. The molecule has 6 nitrogen and oxygen atoms in total. The summed E-state index contributed by atoms with van der Waals surface area (Å²) >= 11 is 1.66.